The number of nitrogens with two attached hydrogens (primary N) is 1. The number of nitrogens with zero attached hydrogens (tertiary/aromatic N) is 1. The molecule has 0 amide bonds. The molecule has 0 saturated heterocycles. The first kappa shape index (κ1) is 12.0. The molecule has 0 bridgehead atoms. The van der Waals surface area contributed by atoms with Gasteiger partial charge in [0.15, 0.2) is 0 Å². The largest absolute Gasteiger partial charge is 0.417 e. The summed E-state index contributed by atoms with van der Waals surface area (Å²) in [6.07, 6.45) is -3.52. The zero-order chi connectivity index (χ0) is 11.6. The Labute approximate surface area is 86.3 Å². The number of alkyl halides is 3. The molecule has 0 aliphatic carbocycles. The molecule has 84 valence electrons. The highest BCUT2D eigenvalue weighted by molar-refractivity contribution is 5.18. The number of hydrogen-bond acceptors (Lipinski definition) is 2. The molecule has 0 aliphatic heterocycles. The zero-order valence-electron chi connectivity index (χ0n) is 8.55. The minimum absolute atomic E-state index is 0.147. The molecule has 1 atom stereocenters. The molecular formula is C10H13F3N2. The van der Waals surface area contributed by atoms with Crippen molar-refractivity contribution >= 4 is 0 Å². The number of halogens is 3. The molecular weight excluding hydrogens is 205 g/mol. The molecule has 1 aromatic rings. The molecule has 2 N–H and O–H groups in total. The van der Waals surface area contributed by atoms with Crippen LogP contribution in [-0.2, 0) is 6.18 Å². The van der Waals surface area contributed by atoms with Crippen LogP contribution >= 0.6 is 0 Å². The van der Waals surface area contributed by atoms with Gasteiger partial charge in [0.25, 0.3) is 0 Å². The molecule has 1 rings (SSSR count). The third-order valence-electron chi connectivity index (χ3n) is 2.17. The van der Waals surface area contributed by atoms with E-state index in [4.69, 9.17) is 5.73 Å². The van der Waals surface area contributed by atoms with E-state index in [9.17, 15) is 13.2 Å². The van der Waals surface area contributed by atoms with Gasteiger partial charge in [-0.25, -0.2) is 0 Å². The lowest BCUT2D eigenvalue weighted by atomic mass is 10.0. The molecule has 1 aromatic heterocycles. The van der Waals surface area contributed by atoms with Crippen molar-refractivity contribution in [3.05, 3.63) is 29.6 Å². The van der Waals surface area contributed by atoms with Crippen molar-refractivity contribution in [1.82, 2.24) is 4.98 Å². The van der Waals surface area contributed by atoms with Crippen LogP contribution in [0.1, 0.15) is 31.1 Å². The van der Waals surface area contributed by atoms with Crippen molar-refractivity contribution in [3.8, 4) is 0 Å². The highest BCUT2D eigenvalue weighted by atomic mass is 19.4. The van der Waals surface area contributed by atoms with Gasteiger partial charge in [-0.3, -0.25) is 4.98 Å². The van der Waals surface area contributed by atoms with Crippen LogP contribution < -0.4 is 5.73 Å². The Kier molecular flexibility index (Phi) is 3.34. The van der Waals surface area contributed by atoms with Crippen molar-refractivity contribution in [2.45, 2.75) is 26.1 Å². The first-order valence-electron chi connectivity index (χ1n) is 4.61. The molecule has 0 radical (unpaired) electrons. The van der Waals surface area contributed by atoms with Gasteiger partial charge in [0.1, 0.15) is 0 Å². The maximum absolute atomic E-state index is 12.2. The fourth-order valence-electron chi connectivity index (χ4n) is 1.11. The van der Waals surface area contributed by atoms with Crippen molar-refractivity contribution in [3.63, 3.8) is 0 Å². The van der Waals surface area contributed by atoms with Crippen LogP contribution in [0.4, 0.5) is 13.2 Å². The summed E-state index contributed by atoms with van der Waals surface area (Å²) in [4.78, 5) is 3.72. The summed E-state index contributed by atoms with van der Waals surface area (Å²) in [6.45, 7) is 3.79. The van der Waals surface area contributed by atoms with Gasteiger partial charge in [0, 0.05) is 12.2 Å². The quantitative estimate of drug-likeness (QED) is 0.828. The smallest absolute Gasteiger partial charge is 0.322 e. The van der Waals surface area contributed by atoms with Gasteiger partial charge in [-0.15, -0.1) is 0 Å². The standard InChI is InChI=1S/C10H13F3N2/c1-6(2)9(14)8-4-3-7(5-15-8)10(11,12)13/h3-6,9H,14H2,1-2H3. The van der Waals surface area contributed by atoms with E-state index in [-0.39, 0.29) is 12.0 Å². The van der Waals surface area contributed by atoms with Crippen LogP contribution in [0.5, 0.6) is 0 Å². The van der Waals surface area contributed by atoms with E-state index < -0.39 is 11.7 Å². The van der Waals surface area contributed by atoms with E-state index in [2.05, 4.69) is 4.98 Å². The summed E-state index contributed by atoms with van der Waals surface area (Å²) >= 11 is 0. The van der Waals surface area contributed by atoms with Crippen LogP contribution in [0.25, 0.3) is 0 Å². The molecule has 0 aliphatic rings. The Morgan fingerprint density at radius 2 is 1.87 bits per heavy atom. The molecule has 0 spiro atoms. The fourth-order valence-corrected chi connectivity index (χ4v) is 1.11. The van der Waals surface area contributed by atoms with Crippen LogP contribution in [0.2, 0.25) is 0 Å². The Morgan fingerprint density at radius 1 is 1.27 bits per heavy atom. The van der Waals surface area contributed by atoms with Gasteiger partial charge in [0.05, 0.1) is 11.3 Å². The first-order valence-corrected chi connectivity index (χ1v) is 4.61. The summed E-state index contributed by atoms with van der Waals surface area (Å²) < 4.78 is 36.6. The molecule has 2 nitrogen and oxygen atoms in total. The van der Waals surface area contributed by atoms with Crippen molar-refractivity contribution in [1.29, 1.82) is 0 Å². The molecule has 1 unspecified atom stereocenters. The van der Waals surface area contributed by atoms with Crippen LogP contribution in [0.3, 0.4) is 0 Å². The van der Waals surface area contributed by atoms with E-state index in [0.717, 1.165) is 12.3 Å². The summed E-state index contributed by atoms with van der Waals surface area (Å²) in [5, 5.41) is 0. The van der Waals surface area contributed by atoms with E-state index in [1.807, 2.05) is 13.8 Å². The predicted molar refractivity (Wildman–Crippen MR) is 51.0 cm³/mol. The van der Waals surface area contributed by atoms with E-state index >= 15 is 0 Å². The SMILES string of the molecule is CC(C)C(N)c1ccc(C(F)(F)F)cn1. The van der Waals surface area contributed by atoms with E-state index in [0.29, 0.717) is 5.69 Å². The van der Waals surface area contributed by atoms with Crippen molar-refractivity contribution in [2.75, 3.05) is 0 Å². The average molecular weight is 218 g/mol. The molecule has 5 heteroatoms. The summed E-state index contributed by atoms with van der Waals surface area (Å²) in [5.41, 5.74) is 5.49. The lowest BCUT2D eigenvalue weighted by Gasteiger charge is -2.15. The Hall–Kier alpha value is -1.10. The maximum atomic E-state index is 12.2. The Balaban J connectivity index is 2.91. The van der Waals surface area contributed by atoms with Crippen LogP contribution in [-0.4, -0.2) is 4.98 Å². The van der Waals surface area contributed by atoms with E-state index in [1.54, 1.807) is 0 Å². The summed E-state index contributed by atoms with van der Waals surface area (Å²) in [5.74, 6) is 0.147. The summed E-state index contributed by atoms with van der Waals surface area (Å²) in [6, 6.07) is 2.00. The number of pyridine rings is 1. The monoisotopic (exact) mass is 218 g/mol. The number of rotatable bonds is 2. The lowest BCUT2D eigenvalue weighted by molar-refractivity contribution is -0.137. The molecule has 0 aromatic carbocycles. The average Bonchev–Trinajstić information content (AvgIpc) is 2.15. The van der Waals surface area contributed by atoms with Crippen molar-refractivity contribution in [2.24, 2.45) is 11.7 Å². The van der Waals surface area contributed by atoms with Crippen LogP contribution in [0.15, 0.2) is 18.3 Å². The third-order valence-corrected chi connectivity index (χ3v) is 2.17. The van der Waals surface area contributed by atoms with Gasteiger partial charge in [0.2, 0.25) is 0 Å². The number of aromatic nitrogens is 1. The van der Waals surface area contributed by atoms with E-state index in [1.165, 1.54) is 6.07 Å². The van der Waals surface area contributed by atoms with Gasteiger partial charge >= 0.3 is 6.18 Å². The third kappa shape index (κ3) is 2.92. The van der Waals surface area contributed by atoms with Gasteiger partial charge < -0.3 is 5.73 Å². The minimum Gasteiger partial charge on any atom is -0.322 e. The first-order chi connectivity index (χ1) is 6.82. The second-order valence-corrected chi connectivity index (χ2v) is 3.74. The topological polar surface area (TPSA) is 38.9 Å². The summed E-state index contributed by atoms with van der Waals surface area (Å²) in [7, 11) is 0. The lowest BCUT2D eigenvalue weighted by Crippen LogP contribution is -2.18. The normalized spacial score (nSPS) is 14.3. The molecule has 15 heavy (non-hydrogen) atoms. The highest BCUT2D eigenvalue weighted by Crippen LogP contribution is 2.29. The minimum atomic E-state index is -4.34. The Morgan fingerprint density at radius 3 is 2.20 bits per heavy atom. The molecule has 0 fully saturated rings. The number of hydrogen-bond donors (Lipinski definition) is 1. The van der Waals surface area contributed by atoms with Gasteiger partial charge in [-0.2, -0.15) is 13.2 Å². The second kappa shape index (κ2) is 4.18. The van der Waals surface area contributed by atoms with Gasteiger partial charge in [-0.05, 0) is 18.1 Å². The molecule has 1 heterocycles. The fraction of sp³-hybridized carbons (Fsp3) is 0.500. The molecule has 0 saturated carbocycles. The van der Waals surface area contributed by atoms with Crippen molar-refractivity contribution < 1.29 is 13.2 Å². The second-order valence-electron chi connectivity index (χ2n) is 3.74. The maximum Gasteiger partial charge on any atom is 0.417 e. The van der Waals surface area contributed by atoms with Gasteiger partial charge in [-0.1, -0.05) is 13.8 Å². The predicted octanol–water partition coefficient (Wildman–Crippen LogP) is 2.76. The highest BCUT2D eigenvalue weighted by Gasteiger charge is 2.30. The zero-order valence-corrected chi connectivity index (χ0v) is 8.55. The van der Waals surface area contributed by atoms with Crippen LogP contribution in [0, 0.1) is 5.92 Å². The Bertz CT molecular complexity index is 316.